The van der Waals surface area contributed by atoms with Gasteiger partial charge in [0.1, 0.15) is 5.82 Å². The number of hydrogen-bond donors (Lipinski definition) is 1. The maximum absolute atomic E-state index is 13.4. The summed E-state index contributed by atoms with van der Waals surface area (Å²) in [5.41, 5.74) is 0.308. The average Bonchev–Trinajstić information content (AvgIpc) is 2.71. The number of sulfone groups is 2. The van der Waals surface area contributed by atoms with E-state index in [4.69, 9.17) is 0 Å². The Bertz CT molecular complexity index is 859. The Balaban J connectivity index is 1.89. The molecule has 0 bridgehead atoms. The third-order valence-electron chi connectivity index (χ3n) is 5.45. The first kappa shape index (κ1) is 19.8. The lowest BCUT2D eigenvalue weighted by atomic mass is 10.1. The predicted molar refractivity (Wildman–Crippen MR) is 99.2 cm³/mol. The summed E-state index contributed by atoms with van der Waals surface area (Å²) in [6.07, 6.45) is 6.37. The van der Waals surface area contributed by atoms with Crippen molar-refractivity contribution in [2.45, 2.75) is 67.7 Å². The number of halogens is 1. The van der Waals surface area contributed by atoms with Gasteiger partial charge < -0.3 is 5.32 Å². The zero-order valence-electron chi connectivity index (χ0n) is 14.9. The summed E-state index contributed by atoms with van der Waals surface area (Å²) in [5, 5.41) is 2.31. The van der Waals surface area contributed by atoms with Crippen LogP contribution in [0.5, 0.6) is 0 Å². The van der Waals surface area contributed by atoms with E-state index in [9.17, 15) is 21.2 Å². The van der Waals surface area contributed by atoms with Gasteiger partial charge in [0.15, 0.2) is 19.7 Å². The first-order valence-corrected chi connectivity index (χ1v) is 12.5. The van der Waals surface area contributed by atoms with E-state index >= 15 is 0 Å². The lowest BCUT2D eigenvalue weighted by Crippen LogP contribution is -2.47. The smallest absolute Gasteiger partial charge is 0.184 e. The highest BCUT2D eigenvalue weighted by atomic mass is 32.2. The van der Waals surface area contributed by atoms with Crippen LogP contribution < -0.4 is 5.32 Å². The maximum Gasteiger partial charge on any atom is 0.184 e. The molecule has 1 aromatic rings. The molecular formula is C18H26FNO4S2. The van der Waals surface area contributed by atoms with Gasteiger partial charge in [-0.05, 0) is 43.5 Å². The van der Waals surface area contributed by atoms with Gasteiger partial charge in [-0.3, -0.25) is 0 Å². The van der Waals surface area contributed by atoms with Crippen LogP contribution in [0.25, 0.3) is 0 Å². The molecule has 0 aromatic heterocycles. The Morgan fingerprint density at radius 2 is 1.73 bits per heavy atom. The van der Waals surface area contributed by atoms with E-state index in [0.29, 0.717) is 5.56 Å². The third-order valence-corrected chi connectivity index (χ3v) is 9.76. The van der Waals surface area contributed by atoms with E-state index in [1.54, 1.807) is 0 Å². The topological polar surface area (TPSA) is 80.3 Å². The third kappa shape index (κ3) is 4.28. The molecule has 2 atom stereocenters. The molecular weight excluding hydrogens is 377 g/mol. The van der Waals surface area contributed by atoms with Gasteiger partial charge in [0.25, 0.3) is 0 Å². The van der Waals surface area contributed by atoms with Crippen LogP contribution in [0, 0.1) is 12.7 Å². The van der Waals surface area contributed by atoms with Crippen LogP contribution in [0.2, 0.25) is 0 Å². The van der Waals surface area contributed by atoms with Crippen molar-refractivity contribution in [3.8, 4) is 0 Å². The molecule has 1 saturated heterocycles. The fraction of sp³-hybridized carbons (Fsp3) is 0.667. The standard InChI is InChI=1S/C18H26FNO4S2/c1-13-10-14(19)8-9-17(13)26(23,24)18-12-25(21,22)11-16(18)20-15-6-4-2-3-5-7-15/h8-10,15-16,18,20H,2-7,11-12H2,1H3/t16-,18-/m0/s1. The van der Waals surface area contributed by atoms with Crippen molar-refractivity contribution in [2.75, 3.05) is 11.5 Å². The maximum atomic E-state index is 13.4. The molecule has 1 aliphatic carbocycles. The summed E-state index contributed by atoms with van der Waals surface area (Å²) in [7, 11) is -7.31. The molecule has 2 aliphatic rings. The molecule has 1 aliphatic heterocycles. The first-order valence-electron chi connectivity index (χ1n) is 9.15. The van der Waals surface area contributed by atoms with Crippen molar-refractivity contribution in [2.24, 2.45) is 0 Å². The molecule has 0 spiro atoms. The van der Waals surface area contributed by atoms with Crippen molar-refractivity contribution in [1.82, 2.24) is 5.32 Å². The van der Waals surface area contributed by atoms with Gasteiger partial charge in [0, 0.05) is 12.1 Å². The van der Waals surface area contributed by atoms with Gasteiger partial charge in [-0.25, -0.2) is 21.2 Å². The second-order valence-corrected chi connectivity index (χ2v) is 11.8. The minimum absolute atomic E-state index is 0.0219. The summed E-state index contributed by atoms with van der Waals surface area (Å²) in [6.45, 7) is 1.53. The van der Waals surface area contributed by atoms with Crippen molar-refractivity contribution in [1.29, 1.82) is 0 Å². The fourth-order valence-corrected chi connectivity index (χ4v) is 9.02. The van der Waals surface area contributed by atoms with E-state index < -0.39 is 36.8 Å². The monoisotopic (exact) mass is 403 g/mol. The Morgan fingerprint density at radius 3 is 2.35 bits per heavy atom. The highest BCUT2D eigenvalue weighted by Gasteiger charge is 2.46. The van der Waals surface area contributed by atoms with E-state index in [-0.39, 0.29) is 22.4 Å². The van der Waals surface area contributed by atoms with Crippen molar-refractivity contribution < 1.29 is 21.2 Å². The second kappa shape index (κ2) is 7.56. The van der Waals surface area contributed by atoms with Crippen molar-refractivity contribution in [3.63, 3.8) is 0 Å². The number of aryl methyl sites for hydroxylation is 1. The van der Waals surface area contributed by atoms with Crippen LogP contribution in [0.15, 0.2) is 23.1 Å². The SMILES string of the molecule is Cc1cc(F)ccc1S(=O)(=O)[C@H]1CS(=O)(=O)C[C@@H]1NC1CCCCCC1. The van der Waals surface area contributed by atoms with Gasteiger partial charge in [-0.1, -0.05) is 25.7 Å². The van der Waals surface area contributed by atoms with E-state index in [1.165, 1.54) is 19.1 Å². The van der Waals surface area contributed by atoms with Crippen molar-refractivity contribution >= 4 is 19.7 Å². The molecule has 1 saturated carbocycles. The van der Waals surface area contributed by atoms with Crippen LogP contribution >= 0.6 is 0 Å². The zero-order valence-corrected chi connectivity index (χ0v) is 16.6. The highest BCUT2D eigenvalue weighted by Crippen LogP contribution is 2.29. The van der Waals surface area contributed by atoms with Crippen LogP contribution in [-0.4, -0.2) is 45.7 Å². The molecule has 146 valence electrons. The van der Waals surface area contributed by atoms with E-state index in [2.05, 4.69) is 5.32 Å². The molecule has 26 heavy (non-hydrogen) atoms. The molecule has 0 radical (unpaired) electrons. The number of hydrogen-bond acceptors (Lipinski definition) is 5. The summed E-state index contributed by atoms with van der Waals surface area (Å²) < 4.78 is 64.1. The zero-order chi connectivity index (χ0) is 18.9. The normalized spacial score (nSPS) is 27.3. The lowest BCUT2D eigenvalue weighted by Gasteiger charge is -2.26. The molecule has 8 heteroatoms. The molecule has 0 unspecified atom stereocenters. The molecule has 2 fully saturated rings. The summed E-state index contributed by atoms with van der Waals surface area (Å²) in [5.74, 6) is -1.04. The summed E-state index contributed by atoms with van der Waals surface area (Å²) in [6, 6.07) is 3.06. The summed E-state index contributed by atoms with van der Waals surface area (Å²) >= 11 is 0. The Labute approximate surface area is 155 Å². The average molecular weight is 404 g/mol. The molecule has 1 N–H and O–H groups in total. The Kier molecular flexibility index (Phi) is 5.75. The first-order chi connectivity index (χ1) is 12.2. The van der Waals surface area contributed by atoms with Gasteiger partial charge in [-0.15, -0.1) is 0 Å². The molecule has 5 nitrogen and oxygen atoms in total. The number of nitrogens with one attached hydrogen (secondary N) is 1. The lowest BCUT2D eigenvalue weighted by molar-refractivity contribution is 0.408. The van der Waals surface area contributed by atoms with Crippen LogP contribution in [0.1, 0.15) is 44.1 Å². The highest BCUT2D eigenvalue weighted by molar-refractivity contribution is 7.96. The van der Waals surface area contributed by atoms with E-state index in [1.807, 2.05) is 0 Å². The largest absolute Gasteiger partial charge is 0.309 e. The van der Waals surface area contributed by atoms with Crippen LogP contribution in [0.4, 0.5) is 4.39 Å². The summed E-state index contributed by atoms with van der Waals surface area (Å²) in [4.78, 5) is 0.0219. The van der Waals surface area contributed by atoms with Crippen LogP contribution in [-0.2, 0) is 19.7 Å². The number of rotatable bonds is 4. The molecule has 1 aromatic carbocycles. The second-order valence-electron chi connectivity index (χ2n) is 7.53. The molecule has 1 heterocycles. The molecule has 0 amide bonds. The minimum Gasteiger partial charge on any atom is -0.309 e. The quantitative estimate of drug-likeness (QED) is 0.617. The Morgan fingerprint density at radius 1 is 1.08 bits per heavy atom. The minimum atomic E-state index is -3.87. The van der Waals surface area contributed by atoms with Crippen LogP contribution in [0.3, 0.4) is 0 Å². The molecule has 3 rings (SSSR count). The van der Waals surface area contributed by atoms with Gasteiger partial charge >= 0.3 is 0 Å². The predicted octanol–water partition coefficient (Wildman–Crippen LogP) is 2.39. The van der Waals surface area contributed by atoms with Gasteiger partial charge in [-0.2, -0.15) is 0 Å². The Hall–Kier alpha value is -0.990. The van der Waals surface area contributed by atoms with Gasteiger partial charge in [0.2, 0.25) is 0 Å². The fourth-order valence-electron chi connectivity index (χ4n) is 4.12. The van der Waals surface area contributed by atoms with Gasteiger partial charge in [0.05, 0.1) is 21.7 Å². The van der Waals surface area contributed by atoms with E-state index in [0.717, 1.165) is 44.6 Å². The number of benzene rings is 1. The van der Waals surface area contributed by atoms with Crippen molar-refractivity contribution in [3.05, 3.63) is 29.6 Å².